The SMILES string of the molecule is CC1CCC(=O)NC1.CCC(C)=C(C)C(C)=N.CCC(C)CCC[C@H](N)c1cnc(C)[nH]1.CCCC.CCCCC(C)CC. The lowest BCUT2D eigenvalue weighted by Crippen LogP contribution is -2.33. The molecule has 2 rings (SSSR count). The van der Waals surface area contributed by atoms with Gasteiger partial charge in [0.05, 0.1) is 5.69 Å². The van der Waals surface area contributed by atoms with Gasteiger partial charge in [-0.25, -0.2) is 4.98 Å². The number of allylic oxidation sites excluding steroid dienone is 2. The molecule has 6 heteroatoms. The maximum atomic E-state index is 10.5. The van der Waals surface area contributed by atoms with E-state index in [0.717, 1.165) is 61.2 Å². The first kappa shape index (κ1) is 46.5. The first-order valence-corrected chi connectivity index (χ1v) is 18.0. The second kappa shape index (κ2) is 31.0. The number of imidazole rings is 1. The van der Waals surface area contributed by atoms with Crippen LogP contribution in [0, 0.1) is 30.1 Å². The molecule has 1 fully saturated rings. The standard InChI is InChI=1S/C12H23N3.C8H15N.C8H18.C6H11NO.C4H10/c1-4-9(2)6-5-7-11(13)12-8-14-10(3)15-12;1-5-6(2)7(3)8(4)9;1-4-6-7-8(3)5-2;1-5-2-3-6(8)7-4-5;1-3-4-2/h8-9,11H,4-7,13H2,1-3H3,(H,14,15);9H,5H2,1-4H3;8H,4-7H2,1-3H3;5H,2-4H2,1H3,(H,7,8);3-4H2,1-2H3/t9?,11-;;;;/m0..../s1. The molecule has 1 saturated heterocycles. The van der Waals surface area contributed by atoms with Crippen LogP contribution < -0.4 is 11.1 Å². The van der Waals surface area contributed by atoms with Crippen molar-refractivity contribution in [2.45, 2.75) is 180 Å². The van der Waals surface area contributed by atoms with E-state index in [2.05, 4.69) is 84.5 Å². The Morgan fingerprint density at radius 2 is 1.50 bits per heavy atom. The molecule has 1 aromatic rings. The molecule has 2 heterocycles. The predicted molar refractivity (Wildman–Crippen MR) is 197 cm³/mol. The Morgan fingerprint density at radius 3 is 1.82 bits per heavy atom. The third-order valence-electron chi connectivity index (χ3n) is 8.52. The Bertz CT molecular complexity index is 832. The summed E-state index contributed by atoms with van der Waals surface area (Å²) in [6.45, 7) is 28.7. The van der Waals surface area contributed by atoms with Gasteiger partial charge in [-0.3, -0.25) is 4.79 Å². The first-order chi connectivity index (χ1) is 20.7. The number of rotatable bonds is 13. The van der Waals surface area contributed by atoms with E-state index in [1.54, 1.807) is 0 Å². The minimum atomic E-state index is 0.121. The van der Waals surface area contributed by atoms with Crippen molar-refractivity contribution in [1.29, 1.82) is 5.41 Å². The van der Waals surface area contributed by atoms with E-state index in [4.69, 9.17) is 11.1 Å². The summed E-state index contributed by atoms with van der Waals surface area (Å²) in [5.74, 6) is 3.62. The number of aromatic nitrogens is 2. The number of aromatic amines is 1. The van der Waals surface area contributed by atoms with Crippen molar-refractivity contribution >= 4 is 11.6 Å². The first-order valence-electron chi connectivity index (χ1n) is 18.0. The van der Waals surface area contributed by atoms with Crippen LogP contribution in [0.15, 0.2) is 17.3 Å². The van der Waals surface area contributed by atoms with Crippen molar-refractivity contribution in [2.75, 3.05) is 6.54 Å². The van der Waals surface area contributed by atoms with Crippen molar-refractivity contribution in [1.82, 2.24) is 15.3 Å². The van der Waals surface area contributed by atoms with Gasteiger partial charge in [0.1, 0.15) is 5.82 Å². The fraction of sp³-hybridized carbons (Fsp3) is 0.816. The summed E-state index contributed by atoms with van der Waals surface area (Å²) in [5.41, 5.74) is 10.3. The van der Waals surface area contributed by atoms with E-state index in [1.807, 2.05) is 27.0 Å². The normalized spacial score (nSPS) is 16.4. The minimum absolute atomic E-state index is 0.121. The zero-order valence-corrected chi connectivity index (χ0v) is 31.7. The molecule has 0 spiro atoms. The zero-order chi connectivity index (χ0) is 34.5. The van der Waals surface area contributed by atoms with Gasteiger partial charge in [0.15, 0.2) is 0 Å². The molecule has 3 unspecified atom stereocenters. The maximum Gasteiger partial charge on any atom is 0.220 e. The van der Waals surface area contributed by atoms with Crippen LogP contribution in [0.5, 0.6) is 0 Å². The molecule has 1 amide bonds. The Labute approximate surface area is 275 Å². The van der Waals surface area contributed by atoms with Crippen LogP contribution in [0.1, 0.15) is 184 Å². The molecule has 0 saturated carbocycles. The molecule has 260 valence electrons. The van der Waals surface area contributed by atoms with E-state index >= 15 is 0 Å². The molecular formula is C38H77N5O. The predicted octanol–water partition coefficient (Wildman–Crippen LogP) is 11.3. The molecule has 0 aromatic carbocycles. The highest BCUT2D eigenvalue weighted by atomic mass is 16.1. The minimum Gasteiger partial charge on any atom is -0.356 e. The summed E-state index contributed by atoms with van der Waals surface area (Å²) in [4.78, 5) is 17.9. The van der Waals surface area contributed by atoms with Crippen LogP contribution in [0.3, 0.4) is 0 Å². The van der Waals surface area contributed by atoms with E-state index in [9.17, 15) is 4.79 Å². The van der Waals surface area contributed by atoms with Gasteiger partial charge in [0.25, 0.3) is 0 Å². The van der Waals surface area contributed by atoms with E-state index in [0.29, 0.717) is 11.6 Å². The smallest absolute Gasteiger partial charge is 0.220 e. The average molecular weight is 620 g/mol. The second-order valence-corrected chi connectivity index (χ2v) is 13.0. The average Bonchev–Trinajstić information content (AvgIpc) is 3.47. The largest absolute Gasteiger partial charge is 0.356 e. The highest BCUT2D eigenvalue weighted by Gasteiger charge is 2.12. The zero-order valence-electron chi connectivity index (χ0n) is 31.7. The van der Waals surface area contributed by atoms with Crippen molar-refractivity contribution in [3.8, 4) is 0 Å². The van der Waals surface area contributed by atoms with Crippen molar-refractivity contribution < 1.29 is 4.79 Å². The number of unbranched alkanes of at least 4 members (excludes halogenated alkanes) is 2. The number of nitrogens with two attached hydrogens (primary N) is 1. The third-order valence-corrected chi connectivity index (χ3v) is 8.52. The number of hydrogen-bond donors (Lipinski definition) is 4. The highest BCUT2D eigenvalue weighted by molar-refractivity contribution is 5.95. The van der Waals surface area contributed by atoms with Gasteiger partial charge in [-0.2, -0.15) is 0 Å². The quantitative estimate of drug-likeness (QED) is 0.165. The molecule has 0 bridgehead atoms. The Balaban J connectivity index is -0.000000507. The van der Waals surface area contributed by atoms with E-state index in [1.165, 1.54) is 63.4 Å². The molecule has 44 heavy (non-hydrogen) atoms. The number of H-pyrrole nitrogens is 1. The summed E-state index contributed by atoms with van der Waals surface area (Å²) in [6, 6.07) is 0.121. The number of amides is 1. The molecule has 0 aliphatic carbocycles. The monoisotopic (exact) mass is 620 g/mol. The lowest BCUT2D eigenvalue weighted by molar-refractivity contribution is -0.122. The van der Waals surface area contributed by atoms with Crippen LogP contribution in [0.25, 0.3) is 0 Å². The summed E-state index contributed by atoms with van der Waals surface area (Å²) in [5, 5.41) is 10.1. The van der Waals surface area contributed by atoms with Crippen LogP contribution in [-0.4, -0.2) is 28.1 Å². The van der Waals surface area contributed by atoms with Gasteiger partial charge < -0.3 is 21.4 Å². The van der Waals surface area contributed by atoms with Gasteiger partial charge in [-0.05, 0) is 70.3 Å². The van der Waals surface area contributed by atoms with Gasteiger partial charge in [0.2, 0.25) is 5.91 Å². The number of aryl methyl sites for hydroxylation is 1. The van der Waals surface area contributed by atoms with Gasteiger partial charge >= 0.3 is 0 Å². The second-order valence-electron chi connectivity index (χ2n) is 13.0. The lowest BCUT2D eigenvalue weighted by Gasteiger charge is -2.17. The third kappa shape index (κ3) is 28.8. The van der Waals surface area contributed by atoms with Crippen molar-refractivity contribution in [2.24, 2.45) is 23.5 Å². The Kier molecular flexibility index (Phi) is 32.8. The lowest BCUT2D eigenvalue weighted by atomic mass is 9.99. The molecule has 4 atom stereocenters. The van der Waals surface area contributed by atoms with Crippen LogP contribution in [-0.2, 0) is 4.79 Å². The summed E-state index contributed by atoms with van der Waals surface area (Å²) < 4.78 is 0. The molecule has 1 aliphatic rings. The number of carbonyl (C=O) groups excluding carboxylic acids is 1. The molecule has 1 aromatic heterocycles. The van der Waals surface area contributed by atoms with Crippen LogP contribution >= 0.6 is 0 Å². The fourth-order valence-corrected chi connectivity index (χ4v) is 3.87. The number of piperidine rings is 1. The molecule has 1 aliphatic heterocycles. The summed E-state index contributed by atoms with van der Waals surface area (Å²) in [6.07, 6.45) is 17.7. The highest BCUT2D eigenvalue weighted by Crippen LogP contribution is 2.18. The number of nitrogens with one attached hydrogen (secondary N) is 3. The van der Waals surface area contributed by atoms with Crippen LogP contribution in [0.2, 0.25) is 0 Å². The van der Waals surface area contributed by atoms with Gasteiger partial charge in [-0.1, -0.05) is 126 Å². The number of nitrogens with zero attached hydrogens (tertiary/aromatic N) is 1. The van der Waals surface area contributed by atoms with Crippen LogP contribution in [0.4, 0.5) is 0 Å². The number of hydrogen-bond acceptors (Lipinski definition) is 4. The summed E-state index contributed by atoms with van der Waals surface area (Å²) in [7, 11) is 0. The molecule has 0 radical (unpaired) electrons. The molecule has 5 N–H and O–H groups in total. The summed E-state index contributed by atoms with van der Waals surface area (Å²) >= 11 is 0. The maximum absolute atomic E-state index is 10.5. The van der Waals surface area contributed by atoms with E-state index in [-0.39, 0.29) is 11.9 Å². The molecular weight excluding hydrogens is 542 g/mol. The van der Waals surface area contributed by atoms with Gasteiger partial charge in [-0.15, -0.1) is 0 Å². The van der Waals surface area contributed by atoms with Crippen molar-refractivity contribution in [3.63, 3.8) is 0 Å². The Hall–Kier alpha value is -1.95. The number of carbonyl (C=O) groups is 1. The Morgan fingerprint density at radius 1 is 0.955 bits per heavy atom. The van der Waals surface area contributed by atoms with E-state index < -0.39 is 0 Å². The van der Waals surface area contributed by atoms with Gasteiger partial charge in [0, 0.05) is 30.9 Å². The topological polar surface area (TPSA) is 108 Å². The fourth-order valence-electron chi connectivity index (χ4n) is 3.87. The van der Waals surface area contributed by atoms with Crippen molar-refractivity contribution in [3.05, 3.63) is 28.9 Å². The molecule has 6 nitrogen and oxygen atoms in total.